The van der Waals surface area contributed by atoms with Gasteiger partial charge in [0.15, 0.2) is 0 Å². The van der Waals surface area contributed by atoms with Crippen LogP contribution in [0.3, 0.4) is 0 Å². The van der Waals surface area contributed by atoms with Gasteiger partial charge in [0, 0.05) is 11.6 Å². The summed E-state index contributed by atoms with van der Waals surface area (Å²) in [4.78, 5) is 0.00104. The molecular formula is C14H11N3O3S2. The number of sulfonamides is 1. The third-order valence-corrected chi connectivity index (χ3v) is 3.92. The molecule has 2 aromatic rings. The Hall–Kier alpha value is -2.47. The van der Waals surface area contributed by atoms with Gasteiger partial charge in [0.25, 0.3) is 0 Å². The molecule has 0 aliphatic heterocycles. The van der Waals surface area contributed by atoms with E-state index in [0.29, 0.717) is 17.1 Å². The maximum atomic E-state index is 11.2. The van der Waals surface area contributed by atoms with Gasteiger partial charge in [-0.25, -0.2) is 13.6 Å². The summed E-state index contributed by atoms with van der Waals surface area (Å²) in [7, 11) is -3.73. The van der Waals surface area contributed by atoms with E-state index in [2.05, 4.69) is 0 Å². The quantitative estimate of drug-likeness (QED) is 0.499. The van der Waals surface area contributed by atoms with Crippen LogP contribution in [0.25, 0.3) is 17.4 Å². The molecule has 0 spiro atoms. The molecule has 22 heavy (non-hydrogen) atoms. The summed E-state index contributed by atoms with van der Waals surface area (Å²) < 4.78 is 27.9. The highest BCUT2D eigenvalue weighted by Gasteiger charge is 2.09. The molecule has 0 radical (unpaired) electrons. The molecule has 1 aromatic heterocycles. The minimum absolute atomic E-state index is 0.0158. The lowest BCUT2D eigenvalue weighted by molar-refractivity contribution is 0.571. The van der Waals surface area contributed by atoms with Gasteiger partial charge < -0.3 is 10.2 Å². The largest absolute Gasteiger partial charge is 0.457 e. The number of nitriles is 1. The molecule has 0 bridgehead atoms. The van der Waals surface area contributed by atoms with Crippen LogP contribution in [0.2, 0.25) is 0 Å². The third-order valence-electron chi connectivity index (χ3n) is 2.77. The fourth-order valence-electron chi connectivity index (χ4n) is 1.70. The zero-order chi connectivity index (χ0) is 16.3. The number of furan rings is 1. The van der Waals surface area contributed by atoms with Gasteiger partial charge in [-0.3, -0.25) is 0 Å². The van der Waals surface area contributed by atoms with Gasteiger partial charge >= 0.3 is 0 Å². The summed E-state index contributed by atoms with van der Waals surface area (Å²) in [6, 6.07) is 11.1. The molecule has 0 saturated heterocycles. The fourth-order valence-corrected chi connectivity index (χ4v) is 2.32. The normalized spacial score (nSPS) is 11.9. The molecule has 4 N–H and O–H groups in total. The van der Waals surface area contributed by atoms with E-state index in [9.17, 15) is 8.42 Å². The number of primary sulfonamides is 1. The summed E-state index contributed by atoms with van der Waals surface area (Å²) in [5.74, 6) is 0.919. The first kappa shape index (κ1) is 15.9. The Kier molecular flexibility index (Phi) is 4.42. The number of rotatable bonds is 4. The maximum absolute atomic E-state index is 11.2. The van der Waals surface area contributed by atoms with Crippen LogP contribution in [0.15, 0.2) is 51.3 Å². The van der Waals surface area contributed by atoms with Crippen molar-refractivity contribution >= 4 is 33.3 Å². The molecule has 0 aliphatic rings. The Balaban J connectivity index is 2.33. The van der Waals surface area contributed by atoms with Crippen molar-refractivity contribution in [3.05, 3.63) is 47.7 Å². The van der Waals surface area contributed by atoms with Crippen LogP contribution in [0.5, 0.6) is 0 Å². The van der Waals surface area contributed by atoms with E-state index in [1.807, 2.05) is 6.07 Å². The Morgan fingerprint density at radius 2 is 1.86 bits per heavy atom. The average Bonchev–Trinajstić information content (AvgIpc) is 2.92. The van der Waals surface area contributed by atoms with E-state index in [1.54, 1.807) is 24.3 Å². The van der Waals surface area contributed by atoms with Crippen molar-refractivity contribution in [2.45, 2.75) is 4.90 Å². The topological polar surface area (TPSA) is 123 Å². The lowest BCUT2D eigenvalue weighted by Crippen LogP contribution is -2.11. The highest BCUT2D eigenvalue weighted by Crippen LogP contribution is 2.24. The second-order valence-corrected chi connectivity index (χ2v) is 6.31. The molecule has 1 aromatic carbocycles. The summed E-state index contributed by atoms with van der Waals surface area (Å²) in [6.07, 6.45) is 1.44. The number of hydrogen-bond acceptors (Lipinski definition) is 5. The first-order chi connectivity index (χ1) is 10.3. The van der Waals surface area contributed by atoms with Crippen LogP contribution in [0.4, 0.5) is 0 Å². The van der Waals surface area contributed by atoms with Crippen molar-refractivity contribution in [3.8, 4) is 17.4 Å². The van der Waals surface area contributed by atoms with Crippen LogP contribution >= 0.6 is 12.2 Å². The van der Waals surface area contributed by atoms with Crippen molar-refractivity contribution < 1.29 is 12.8 Å². The van der Waals surface area contributed by atoms with Crippen molar-refractivity contribution in [3.63, 3.8) is 0 Å². The van der Waals surface area contributed by atoms with Crippen molar-refractivity contribution in [1.29, 1.82) is 5.26 Å². The van der Waals surface area contributed by atoms with Crippen molar-refractivity contribution in [2.24, 2.45) is 10.9 Å². The second-order valence-electron chi connectivity index (χ2n) is 4.31. The average molecular weight is 333 g/mol. The summed E-state index contributed by atoms with van der Waals surface area (Å²) in [6.45, 7) is 0. The number of benzene rings is 1. The Morgan fingerprint density at radius 3 is 2.36 bits per heavy atom. The molecule has 6 nitrogen and oxygen atoms in total. The van der Waals surface area contributed by atoms with Gasteiger partial charge in [-0.05, 0) is 36.4 Å². The molecule has 8 heteroatoms. The van der Waals surface area contributed by atoms with Crippen LogP contribution in [-0.4, -0.2) is 13.4 Å². The Morgan fingerprint density at radius 1 is 1.23 bits per heavy atom. The van der Waals surface area contributed by atoms with Gasteiger partial charge in [-0.1, -0.05) is 12.2 Å². The van der Waals surface area contributed by atoms with E-state index in [1.165, 1.54) is 18.2 Å². The van der Waals surface area contributed by atoms with E-state index < -0.39 is 10.0 Å². The van der Waals surface area contributed by atoms with Crippen LogP contribution in [0, 0.1) is 11.3 Å². The predicted molar refractivity (Wildman–Crippen MR) is 85.9 cm³/mol. The van der Waals surface area contributed by atoms with E-state index in [4.69, 9.17) is 32.8 Å². The van der Waals surface area contributed by atoms with Crippen molar-refractivity contribution in [2.75, 3.05) is 0 Å². The monoisotopic (exact) mass is 333 g/mol. The van der Waals surface area contributed by atoms with Gasteiger partial charge in [0.05, 0.1) is 10.5 Å². The molecule has 1 heterocycles. The van der Waals surface area contributed by atoms with Gasteiger partial charge in [-0.15, -0.1) is 0 Å². The summed E-state index contributed by atoms with van der Waals surface area (Å²) in [5, 5.41) is 13.9. The second kappa shape index (κ2) is 6.11. The summed E-state index contributed by atoms with van der Waals surface area (Å²) >= 11 is 4.74. The smallest absolute Gasteiger partial charge is 0.238 e. The lowest BCUT2D eigenvalue weighted by atomic mass is 10.2. The maximum Gasteiger partial charge on any atom is 0.238 e. The van der Waals surface area contributed by atoms with Gasteiger partial charge in [0.1, 0.15) is 22.6 Å². The SMILES string of the molecule is N#C/C(=C\c1ccc(-c2ccc(S(N)(=O)=O)cc2)o1)C(N)=S. The number of hydrogen-bond donors (Lipinski definition) is 2. The lowest BCUT2D eigenvalue weighted by Gasteiger charge is -2.00. The van der Waals surface area contributed by atoms with Crippen LogP contribution in [-0.2, 0) is 10.0 Å². The Labute approximate surface area is 132 Å². The zero-order valence-electron chi connectivity index (χ0n) is 11.2. The number of thiocarbonyl (C=S) groups is 1. The number of nitrogens with two attached hydrogens (primary N) is 2. The Bertz CT molecular complexity index is 888. The molecule has 0 amide bonds. The first-order valence-electron chi connectivity index (χ1n) is 5.96. The standard InChI is InChI=1S/C14H11N3O3S2/c15-8-10(14(16)21)7-11-3-6-13(20-11)9-1-4-12(5-2-9)22(17,18)19/h1-7H,(H2,16,21)(H2,17,18,19)/b10-7+. The molecule has 0 atom stereocenters. The van der Waals surface area contributed by atoms with Gasteiger partial charge in [-0.2, -0.15) is 5.26 Å². The third kappa shape index (κ3) is 3.59. The number of nitrogens with zero attached hydrogens (tertiary/aromatic N) is 1. The van der Waals surface area contributed by atoms with E-state index in [-0.39, 0.29) is 15.5 Å². The molecule has 0 aliphatic carbocycles. The highest BCUT2D eigenvalue weighted by atomic mass is 32.2. The van der Waals surface area contributed by atoms with Crippen molar-refractivity contribution in [1.82, 2.24) is 0 Å². The predicted octanol–water partition coefficient (Wildman–Crippen LogP) is 1.79. The molecule has 2 rings (SSSR count). The molecule has 112 valence electrons. The van der Waals surface area contributed by atoms with E-state index in [0.717, 1.165) is 0 Å². The molecular weight excluding hydrogens is 322 g/mol. The minimum atomic E-state index is -3.73. The van der Waals surface area contributed by atoms with Gasteiger partial charge in [0.2, 0.25) is 10.0 Å². The van der Waals surface area contributed by atoms with Crippen LogP contribution < -0.4 is 10.9 Å². The molecule has 0 saturated carbocycles. The highest BCUT2D eigenvalue weighted by molar-refractivity contribution is 7.89. The summed E-state index contributed by atoms with van der Waals surface area (Å²) in [5.41, 5.74) is 6.21. The molecule has 0 unspecified atom stereocenters. The zero-order valence-corrected chi connectivity index (χ0v) is 12.8. The molecule has 0 fully saturated rings. The first-order valence-corrected chi connectivity index (χ1v) is 7.91. The van der Waals surface area contributed by atoms with E-state index >= 15 is 0 Å². The minimum Gasteiger partial charge on any atom is -0.457 e. The fraction of sp³-hybridized carbons (Fsp3) is 0. The van der Waals surface area contributed by atoms with Crippen LogP contribution in [0.1, 0.15) is 5.76 Å².